The maximum atomic E-state index is 3.04. The van der Waals surface area contributed by atoms with Gasteiger partial charge in [-0.15, -0.1) is 22.9 Å². The Morgan fingerprint density at radius 2 is 0.971 bits per heavy atom. The van der Waals surface area contributed by atoms with E-state index < -0.39 is 0 Å². The number of likely N-dealkylation sites (N-methyl/N-ethyl adjacent to an activating group) is 2. The fourth-order valence-electron chi connectivity index (χ4n) is 2.72. The van der Waals surface area contributed by atoms with Crippen LogP contribution in [0.2, 0.25) is 0 Å². The summed E-state index contributed by atoms with van der Waals surface area (Å²) < 4.78 is 4.20. The Morgan fingerprint density at radius 1 is 0.657 bits per heavy atom. The Bertz CT molecular complexity index is 922. The van der Waals surface area contributed by atoms with Gasteiger partial charge in [-0.2, -0.15) is 36.4 Å². The van der Waals surface area contributed by atoms with E-state index in [4.69, 9.17) is 0 Å². The zero-order chi connectivity index (χ0) is 20.5. The summed E-state index contributed by atoms with van der Waals surface area (Å²) >= 11 is 0. The second-order valence-corrected chi connectivity index (χ2v) is 7.43. The van der Waals surface area contributed by atoms with Crippen molar-refractivity contribution in [3.63, 3.8) is 0 Å². The van der Waals surface area contributed by atoms with Gasteiger partial charge in [-0.3, -0.25) is 0 Å². The van der Waals surface area contributed by atoms with Crippen molar-refractivity contribution < 1.29 is 78.3 Å². The maximum Gasteiger partial charge on any atom is 2.00 e. The number of nitrogens with zero attached hydrogens (tertiary/aromatic N) is 4. The van der Waals surface area contributed by atoms with Crippen molar-refractivity contribution in [2.75, 3.05) is 41.3 Å². The van der Waals surface area contributed by atoms with Gasteiger partial charge < -0.3 is 77.7 Å². The summed E-state index contributed by atoms with van der Waals surface area (Å²) in [5.41, 5.74) is 2.53. The summed E-state index contributed by atoms with van der Waals surface area (Å²) in [5, 5.41) is 2.51. The summed E-state index contributed by atoms with van der Waals surface area (Å²) in [6, 6.07) is 22.2. The van der Waals surface area contributed by atoms with Gasteiger partial charge >= 0.3 is 65.6 Å². The third-order valence-electron chi connectivity index (χ3n) is 4.45. The van der Waals surface area contributed by atoms with Crippen molar-refractivity contribution in [2.45, 2.75) is 0 Å². The van der Waals surface area contributed by atoms with E-state index in [1.54, 1.807) is 0 Å². The van der Waals surface area contributed by atoms with Crippen LogP contribution in [-0.4, -0.2) is 106 Å². The van der Waals surface area contributed by atoms with Crippen molar-refractivity contribution in [3.05, 3.63) is 73.1 Å². The van der Waals surface area contributed by atoms with Crippen LogP contribution in [0.5, 0.6) is 0 Å². The topological polar surface area (TPSA) is 16.3 Å². The molecule has 0 spiro atoms. The summed E-state index contributed by atoms with van der Waals surface area (Å²) in [6.45, 7) is 2.29. The molecule has 0 bridgehead atoms. The molecule has 0 fully saturated rings. The zero-order valence-corrected chi connectivity index (χ0v) is 32.1. The molecule has 0 aliphatic carbocycles. The first-order valence-electron chi connectivity index (χ1n) is 9.50. The van der Waals surface area contributed by atoms with Gasteiger partial charge in [0, 0.05) is 27.2 Å². The van der Waals surface area contributed by atoms with Crippen LogP contribution in [0, 0.1) is 12.1 Å². The van der Waals surface area contributed by atoms with E-state index in [1.807, 2.05) is 38.4 Å². The van der Waals surface area contributed by atoms with Crippen LogP contribution in [0.25, 0.3) is 21.8 Å². The van der Waals surface area contributed by atoms with Crippen molar-refractivity contribution in [1.29, 1.82) is 0 Å². The van der Waals surface area contributed by atoms with Gasteiger partial charge in [0.15, 0.2) is 0 Å². The van der Waals surface area contributed by atoms with Gasteiger partial charge in [0.1, 0.15) is 0 Å². The Morgan fingerprint density at radius 3 is 1.23 bits per heavy atom. The minimum Gasteiger partial charge on any atom is -1.00 e. The number of aromatic nitrogens is 2. The molecule has 35 heavy (non-hydrogen) atoms. The van der Waals surface area contributed by atoms with Crippen LogP contribution >= 0.6 is 0 Å². The molecule has 2 aromatic carbocycles. The molecule has 0 radical (unpaired) electrons. The average molecular weight is 721 g/mol. The first-order valence-corrected chi connectivity index (χ1v) is 9.50. The summed E-state index contributed by atoms with van der Waals surface area (Å²) in [5.74, 6) is 0. The van der Waals surface area contributed by atoms with E-state index >= 15 is 0 Å². The van der Waals surface area contributed by atoms with Gasteiger partial charge in [0.25, 0.3) is 0 Å². The minimum atomic E-state index is 0. The molecule has 4 aromatic rings. The molecule has 0 atom stereocenters. The number of hydrogen-bond donors (Lipinski definition) is 0. The van der Waals surface area contributed by atoms with Crippen molar-refractivity contribution >= 4 is 67.9 Å². The van der Waals surface area contributed by atoms with Crippen molar-refractivity contribution in [2.24, 2.45) is 14.1 Å². The number of hydrogen-bond acceptors (Lipinski definition) is 2. The molecule has 182 valence electrons. The van der Waals surface area contributed by atoms with Gasteiger partial charge in [-0.25, -0.2) is 0 Å². The standard InChI is InChI=1S/2C9H8N.C6H16N2.2BrH.2ClH.2Mg.Zn/c2*1-10-7-6-8-4-2-3-5-9(8)10;1-7(2)5-6-8(3)4;;;;;;;/h2*3-7H,1H3;5-6H2,1-4H3;4*1H;;;/q2*-1;;;;;;3*+2/p-4. The van der Waals surface area contributed by atoms with E-state index in [9.17, 15) is 0 Å². The molecule has 11 heteroatoms. The van der Waals surface area contributed by atoms with Crippen LogP contribution < -0.4 is 58.8 Å². The fourth-order valence-corrected chi connectivity index (χ4v) is 2.72. The number of aryl methyl sites for hydroxylation is 2. The molecule has 0 amide bonds. The first kappa shape index (κ1) is 49.1. The van der Waals surface area contributed by atoms with Crippen LogP contribution in [0.15, 0.2) is 60.9 Å². The molecular weight excluding hydrogens is 689 g/mol. The number of fused-ring (bicyclic) bond motifs is 2. The van der Waals surface area contributed by atoms with Gasteiger partial charge in [-0.1, -0.05) is 23.2 Å². The zero-order valence-electron chi connectivity index (χ0n) is 21.6. The van der Waals surface area contributed by atoms with Crippen LogP contribution in [0.3, 0.4) is 0 Å². The van der Waals surface area contributed by atoms with E-state index in [2.05, 4.69) is 95.9 Å². The Labute approximate surface area is 290 Å². The van der Waals surface area contributed by atoms with E-state index in [-0.39, 0.29) is 124 Å². The molecule has 2 heterocycles. The van der Waals surface area contributed by atoms with Crippen LogP contribution in [0.1, 0.15) is 0 Å². The molecule has 4 nitrogen and oxygen atoms in total. The third kappa shape index (κ3) is 18.1. The average Bonchev–Trinajstić information content (AvgIpc) is 3.25. The first-order chi connectivity index (χ1) is 13.4. The molecule has 0 unspecified atom stereocenters. The second-order valence-electron chi connectivity index (χ2n) is 7.43. The molecule has 0 saturated carbocycles. The van der Waals surface area contributed by atoms with E-state index in [0.29, 0.717) is 0 Å². The second kappa shape index (κ2) is 26.7. The molecular formula is C24H32Br2Cl2Mg2N4Zn. The SMILES string of the molecule is CN(C)CCN(C)C.Cn1ccc2c[c-]ccc21.Cn1ccc2c[c-]ccc21.[Br-].[Br-].[Cl-].[Cl-].[Mg+2].[Mg+2].[Zn+2]. The third-order valence-corrected chi connectivity index (χ3v) is 4.45. The van der Waals surface area contributed by atoms with E-state index in [1.165, 1.54) is 21.8 Å². The summed E-state index contributed by atoms with van der Waals surface area (Å²) in [7, 11) is 12.4. The van der Waals surface area contributed by atoms with Crippen molar-refractivity contribution in [3.8, 4) is 0 Å². The Hall–Kier alpha value is 1.14. The maximum absolute atomic E-state index is 3.04. The Kier molecular flexibility index (Phi) is 37.5. The number of benzene rings is 2. The molecule has 0 aliphatic heterocycles. The molecule has 0 saturated heterocycles. The predicted octanol–water partition coefficient (Wildman–Crippen LogP) is -8.68. The fraction of sp³-hybridized carbons (Fsp3) is 0.333. The van der Waals surface area contributed by atoms with Crippen LogP contribution in [0.4, 0.5) is 0 Å². The molecule has 4 rings (SSSR count). The van der Waals surface area contributed by atoms with Crippen LogP contribution in [-0.2, 0) is 33.6 Å². The summed E-state index contributed by atoms with van der Waals surface area (Å²) in [4.78, 5) is 4.36. The van der Waals surface area contributed by atoms with Gasteiger partial charge in [-0.05, 0) is 40.6 Å². The normalized spacial score (nSPS) is 8.57. The summed E-state index contributed by atoms with van der Waals surface area (Å²) in [6.07, 6.45) is 4.11. The molecule has 2 aromatic heterocycles. The number of rotatable bonds is 3. The van der Waals surface area contributed by atoms with Crippen molar-refractivity contribution in [1.82, 2.24) is 18.9 Å². The monoisotopic (exact) mass is 716 g/mol. The quantitative estimate of drug-likeness (QED) is 0.155. The largest absolute Gasteiger partial charge is 2.00 e. The van der Waals surface area contributed by atoms with Gasteiger partial charge in [0.2, 0.25) is 0 Å². The predicted molar refractivity (Wildman–Crippen MR) is 132 cm³/mol. The smallest absolute Gasteiger partial charge is 1.00 e. The van der Waals surface area contributed by atoms with Gasteiger partial charge in [0.05, 0.1) is 0 Å². The number of halogens is 4. The Balaban J connectivity index is -0.0000000826. The minimum absolute atomic E-state index is 0. The van der Waals surface area contributed by atoms with E-state index in [0.717, 1.165) is 13.1 Å². The molecule has 0 N–H and O–H groups in total. The molecule has 0 aliphatic rings.